The molecule has 0 bridgehead atoms. The number of rotatable bonds is 4. The van der Waals surface area contributed by atoms with Gasteiger partial charge in [0.2, 0.25) is 0 Å². The minimum absolute atomic E-state index is 0.0781. The van der Waals surface area contributed by atoms with Gasteiger partial charge in [-0.25, -0.2) is 9.59 Å². The molecule has 0 amide bonds. The number of nitrogens with zero attached hydrogens (tertiary/aromatic N) is 2. The summed E-state index contributed by atoms with van der Waals surface area (Å²) in [6.45, 7) is 3.26. The molecule has 0 unspecified atom stereocenters. The predicted octanol–water partition coefficient (Wildman–Crippen LogP) is 0.297. The van der Waals surface area contributed by atoms with Gasteiger partial charge < -0.3 is 15.0 Å². The van der Waals surface area contributed by atoms with Crippen molar-refractivity contribution in [1.82, 2.24) is 0 Å². The first-order valence-electron chi connectivity index (χ1n) is 3.88. The van der Waals surface area contributed by atoms with Crippen molar-refractivity contribution in [2.24, 2.45) is 0 Å². The lowest BCUT2D eigenvalue weighted by atomic mass is 10.4. The van der Waals surface area contributed by atoms with E-state index in [0.717, 1.165) is 6.26 Å². The van der Waals surface area contributed by atoms with E-state index < -0.39 is 17.7 Å². The Hall–Kier alpha value is -1.94. The highest BCUT2D eigenvalue weighted by Gasteiger charge is 2.32. The molecule has 0 aromatic carbocycles. The minimum Gasteiger partial charge on any atom is -0.457 e. The minimum atomic E-state index is -1.07. The van der Waals surface area contributed by atoms with Crippen LogP contribution in [-0.2, 0) is 19.1 Å². The fraction of sp³-hybridized carbons (Fsp3) is 0.375. The third-order valence-electron chi connectivity index (χ3n) is 1.07. The SMILES string of the molecule is C/C=C\OC(=O)C(=[N+]=[N-])C(=O)OCC. The number of esters is 2. The number of hydrogen-bond acceptors (Lipinski definition) is 4. The van der Waals surface area contributed by atoms with Crippen LogP contribution in [0.4, 0.5) is 0 Å². The molecule has 0 spiro atoms. The van der Waals surface area contributed by atoms with Crippen molar-refractivity contribution in [3.8, 4) is 0 Å². The van der Waals surface area contributed by atoms with Crippen LogP contribution in [0.3, 0.4) is 0 Å². The number of ether oxygens (including phenoxy) is 2. The highest BCUT2D eigenvalue weighted by atomic mass is 16.5. The van der Waals surface area contributed by atoms with Crippen LogP contribution in [0.2, 0.25) is 0 Å². The Morgan fingerprint density at radius 2 is 2.07 bits per heavy atom. The highest BCUT2D eigenvalue weighted by molar-refractivity contribution is 6.60. The van der Waals surface area contributed by atoms with Crippen LogP contribution in [-0.4, -0.2) is 29.0 Å². The van der Waals surface area contributed by atoms with Crippen molar-refractivity contribution in [2.45, 2.75) is 13.8 Å². The highest BCUT2D eigenvalue weighted by Crippen LogP contribution is 1.87. The Balaban J connectivity index is 4.51. The second-order valence-electron chi connectivity index (χ2n) is 2.04. The number of carbonyl (C=O) groups is 2. The number of hydrogen-bond donors (Lipinski definition) is 0. The molecule has 0 saturated carbocycles. The molecule has 0 N–H and O–H groups in total. The molecule has 0 atom stereocenters. The summed E-state index contributed by atoms with van der Waals surface area (Å²) >= 11 is 0. The lowest BCUT2D eigenvalue weighted by Gasteiger charge is -1.95. The second-order valence-corrected chi connectivity index (χ2v) is 2.04. The van der Waals surface area contributed by atoms with Gasteiger partial charge in [-0.05, 0) is 13.8 Å². The Morgan fingerprint density at radius 3 is 2.50 bits per heavy atom. The van der Waals surface area contributed by atoms with Crippen molar-refractivity contribution in [1.29, 1.82) is 0 Å². The van der Waals surface area contributed by atoms with Crippen molar-refractivity contribution in [3.63, 3.8) is 0 Å². The zero-order valence-electron chi connectivity index (χ0n) is 7.89. The standard InChI is InChI=1S/C8H10N2O4/c1-3-5-14-8(12)6(10-9)7(11)13-4-2/h3,5H,4H2,1-2H3/b5-3-. The molecule has 0 heterocycles. The smallest absolute Gasteiger partial charge is 0.457 e. The van der Waals surface area contributed by atoms with Crippen LogP contribution < -0.4 is 0 Å². The maximum absolute atomic E-state index is 11.0. The first kappa shape index (κ1) is 12.1. The quantitative estimate of drug-likeness (QED) is 0.162. The van der Waals surface area contributed by atoms with Crippen LogP contribution in [0.1, 0.15) is 13.8 Å². The van der Waals surface area contributed by atoms with Crippen LogP contribution in [0.5, 0.6) is 0 Å². The van der Waals surface area contributed by atoms with Gasteiger partial charge in [-0.3, -0.25) is 0 Å². The van der Waals surface area contributed by atoms with Crippen molar-refractivity contribution >= 4 is 17.7 Å². The fourth-order valence-electron chi connectivity index (χ4n) is 0.550. The molecule has 0 aliphatic carbocycles. The van der Waals surface area contributed by atoms with E-state index in [0.29, 0.717) is 0 Å². The Labute approximate surface area is 80.7 Å². The second kappa shape index (κ2) is 6.56. The van der Waals surface area contributed by atoms with E-state index in [1.807, 2.05) is 0 Å². The van der Waals surface area contributed by atoms with E-state index in [1.165, 1.54) is 6.08 Å². The van der Waals surface area contributed by atoms with Crippen LogP contribution in [0, 0.1) is 0 Å². The summed E-state index contributed by atoms with van der Waals surface area (Å²) in [5.74, 6) is -2.09. The molecular formula is C8H10N2O4. The van der Waals surface area contributed by atoms with Gasteiger partial charge in [0.15, 0.2) is 0 Å². The zero-order chi connectivity index (χ0) is 11.0. The lowest BCUT2D eigenvalue weighted by Crippen LogP contribution is -2.28. The number of allylic oxidation sites excluding steroid dienone is 1. The molecule has 0 aromatic rings. The maximum Gasteiger partial charge on any atom is 0.483 e. The van der Waals surface area contributed by atoms with Gasteiger partial charge in [-0.2, -0.15) is 4.79 Å². The van der Waals surface area contributed by atoms with Gasteiger partial charge in [-0.1, -0.05) is 6.08 Å². The van der Waals surface area contributed by atoms with E-state index in [-0.39, 0.29) is 6.61 Å². The molecule has 6 heteroatoms. The van der Waals surface area contributed by atoms with E-state index in [4.69, 9.17) is 5.53 Å². The van der Waals surface area contributed by atoms with Crippen LogP contribution in [0.15, 0.2) is 12.3 Å². The van der Waals surface area contributed by atoms with Gasteiger partial charge in [0.25, 0.3) is 0 Å². The summed E-state index contributed by atoms with van der Waals surface area (Å²) in [4.78, 5) is 24.4. The molecule has 0 rings (SSSR count). The molecule has 0 aliphatic heterocycles. The maximum atomic E-state index is 11.0. The molecule has 0 saturated heterocycles. The molecule has 0 fully saturated rings. The summed E-state index contributed by atoms with van der Waals surface area (Å²) in [5.41, 5.74) is 7.57. The van der Waals surface area contributed by atoms with Gasteiger partial charge in [0.05, 0.1) is 12.9 Å². The Kier molecular flexibility index (Phi) is 5.65. The molecule has 0 aromatic heterocycles. The molecule has 0 aliphatic rings. The Bertz CT molecular complexity index is 302. The first-order chi connectivity index (χ1) is 6.67. The lowest BCUT2D eigenvalue weighted by molar-refractivity contribution is -0.146. The van der Waals surface area contributed by atoms with Gasteiger partial charge in [-0.15, -0.1) is 0 Å². The van der Waals surface area contributed by atoms with Crippen molar-refractivity contribution < 1.29 is 23.9 Å². The van der Waals surface area contributed by atoms with E-state index >= 15 is 0 Å². The summed E-state index contributed by atoms with van der Waals surface area (Å²) in [5, 5.41) is 0. The summed E-state index contributed by atoms with van der Waals surface area (Å²) in [7, 11) is 0. The molecule has 76 valence electrons. The molecular weight excluding hydrogens is 188 g/mol. The normalized spacial score (nSPS) is 9.29. The molecule has 0 radical (unpaired) electrons. The van der Waals surface area contributed by atoms with Gasteiger partial charge in [0, 0.05) is 0 Å². The average Bonchev–Trinajstić information content (AvgIpc) is 2.16. The third kappa shape index (κ3) is 3.64. The third-order valence-corrected chi connectivity index (χ3v) is 1.07. The Morgan fingerprint density at radius 1 is 1.43 bits per heavy atom. The van der Waals surface area contributed by atoms with E-state index in [2.05, 4.69) is 14.3 Å². The van der Waals surface area contributed by atoms with Crippen molar-refractivity contribution in [3.05, 3.63) is 17.9 Å². The van der Waals surface area contributed by atoms with Gasteiger partial charge >= 0.3 is 17.7 Å². The predicted molar refractivity (Wildman–Crippen MR) is 46.2 cm³/mol. The zero-order valence-corrected chi connectivity index (χ0v) is 7.89. The molecule has 6 nitrogen and oxygen atoms in total. The van der Waals surface area contributed by atoms with Gasteiger partial charge in [0.1, 0.15) is 0 Å². The summed E-state index contributed by atoms with van der Waals surface area (Å²) < 4.78 is 8.84. The largest absolute Gasteiger partial charge is 0.483 e. The van der Waals surface area contributed by atoms with E-state index in [9.17, 15) is 9.59 Å². The summed E-state index contributed by atoms with van der Waals surface area (Å²) in [6, 6.07) is 0. The topological polar surface area (TPSA) is 89.0 Å². The average molecular weight is 198 g/mol. The van der Waals surface area contributed by atoms with E-state index in [1.54, 1.807) is 13.8 Å². The van der Waals surface area contributed by atoms with Crippen LogP contribution >= 0.6 is 0 Å². The first-order valence-corrected chi connectivity index (χ1v) is 3.88. The fourth-order valence-corrected chi connectivity index (χ4v) is 0.550. The monoisotopic (exact) mass is 198 g/mol. The van der Waals surface area contributed by atoms with Crippen LogP contribution in [0.25, 0.3) is 5.53 Å². The summed E-state index contributed by atoms with van der Waals surface area (Å²) in [6.07, 6.45) is 2.50. The number of carbonyl (C=O) groups excluding carboxylic acids is 2. The van der Waals surface area contributed by atoms with Crippen molar-refractivity contribution in [2.75, 3.05) is 6.61 Å². The molecule has 14 heavy (non-hydrogen) atoms.